The third-order valence-corrected chi connectivity index (χ3v) is 6.68. The number of benzene rings is 1. The SMILES string of the molecule is CC(=NC1CCNCC1)/C(=N\N)c1cc(OC(C)c2cncc3ccccc23)c2c(Cl)cnn2c1. The number of pyridine rings is 2. The van der Waals surface area contributed by atoms with Gasteiger partial charge in [-0.2, -0.15) is 10.2 Å². The van der Waals surface area contributed by atoms with Gasteiger partial charge >= 0.3 is 0 Å². The van der Waals surface area contributed by atoms with Crippen molar-refractivity contribution in [1.29, 1.82) is 0 Å². The van der Waals surface area contributed by atoms with E-state index in [0.717, 1.165) is 53.5 Å². The van der Waals surface area contributed by atoms with E-state index in [1.54, 1.807) is 10.7 Å². The molecule has 0 aliphatic carbocycles. The molecule has 0 bridgehead atoms. The number of nitrogens with two attached hydrogens (primary N) is 1. The maximum Gasteiger partial charge on any atom is 0.148 e. The summed E-state index contributed by atoms with van der Waals surface area (Å²) in [7, 11) is 0. The van der Waals surface area contributed by atoms with Crippen LogP contribution in [0.15, 0.2) is 65.2 Å². The number of nitrogens with zero attached hydrogens (tertiary/aromatic N) is 5. The van der Waals surface area contributed by atoms with Crippen molar-refractivity contribution in [2.45, 2.75) is 38.8 Å². The van der Waals surface area contributed by atoms with Crippen LogP contribution in [-0.4, -0.2) is 45.2 Å². The predicted octanol–water partition coefficient (Wildman–Crippen LogP) is 4.55. The highest BCUT2D eigenvalue weighted by molar-refractivity contribution is 6.47. The molecular weight excluding hydrogens is 462 g/mol. The maximum absolute atomic E-state index is 6.50. The van der Waals surface area contributed by atoms with E-state index >= 15 is 0 Å². The second kappa shape index (κ2) is 10.0. The van der Waals surface area contributed by atoms with Crippen molar-refractivity contribution in [3.8, 4) is 5.75 Å². The summed E-state index contributed by atoms with van der Waals surface area (Å²) in [6, 6.07) is 10.3. The molecule has 8 nitrogen and oxygen atoms in total. The number of piperidine rings is 1. The number of hydrazone groups is 1. The molecule has 1 aliphatic rings. The lowest BCUT2D eigenvalue weighted by molar-refractivity contribution is 0.230. The Bertz CT molecular complexity index is 1420. The minimum absolute atomic E-state index is 0.255. The summed E-state index contributed by atoms with van der Waals surface area (Å²) in [4.78, 5) is 9.31. The lowest BCUT2D eigenvalue weighted by Crippen LogP contribution is -2.31. The van der Waals surface area contributed by atoms with Crippen molar-refractivity contribution < 1.29 is 4.74 Å². The Labute approximate surface area is 208 Å². The van der Waals surface area contributed by atoms with Crippen LogP contribution in [0.3, 0.4) is 0 Å². The van der Waals surface area contributed by atoms with Crippen molar-refractivity contribution in [1.82, 2.24) is 19.9 Å². The van der Waals surface area contributed by atoms with Crippen molar-refractivity contribution in [2.24, 2.45) is 15.9 Å². The minimum atomic E-state index is -0.290. The standard InChI is InChI=1S/C26H28ClN7O/c1-16(32-20-7-9-29-10-8-20)25(33-28)19-11-24(26-23(27)14-31-34(26)15-19)35-17(2)22-13-30-12-18-5-3-4-6-21(18)22/h3-6,11-15,17,20,29H,7-10,28H2,1-2H3/b32-16?,33-25+. The molecule has 1 aromatic carbocycles. The molecule has 1 fully saturated rings. The minimum Gasteiger partial charge on any atom is -0.484 e. The van der Waals surface area contributed by atoms with Gasteiger partial charge in [-0.25, -0.2) is 4.52 Å². The summed E-state index contributed by atoms with van der Waals surface area (Å²) in [5.74, 6) is 6.44. The summed E-state index contributed by atoms with van der Waals surface area (Å²) in [6.45, 7) is 5.87. The van der Waals surface area contributed by atoms with Gasteiger partial charge in [0.15, 0.2) is 0 Å². The van der Waals surface area contributed by atoms with Crippen LogP contribution < -0.4 is 15.9 Å². The monoisotopic (exact) mass is 489 g/mol. The maximum atomic E-state index is 6.50. The van der Waals surface area contributed by atoms with Gasteiger partial charge in [0.1, 0.15) is 23.1 Å². The quantitative estimate of drug-likeness (QED) is 0.235. The average Bonchev–Trinajstić information content (AvgIpc) is 3.25. The molecule has 0 spiro atoms. The first-order chi connectivity index (χ1) is 17.0. The molecule has 1 saturated heterocycles. The van der Waals surface area contributed by atoms with E-state index in [1.165, 1.54) is 0 Å². The molecule has 5 rings (SSSR count). The Hall–Kier alpha value is -3.49. The van der Waals surface area contributed by atoms with Crippen LogP contribution >= 0.6 is 11.6 Å². The molecule has 180 valence electrons. The van der Waals surface area contributed by atoms with Gasteiger partial charge < -0.3 is 15.9 Å². The van der Waals surface area contributed by atoms with E-state index in [2.05, 4.69) is 26.6 Å². The summed E-state index contributed by atoms with van der Waals surface area (Å²) < 4.78 is 8.20. The zero-order valence-corrected chi connectivity index (χ0v) is 20.5. The molecule has 4 aromatic rings. The number of fused-ring (bicyclic) bond motifs is 2. The Balaban J connectivity index is 1.53. The van der Waals surface area contributed by atoms with Gasteiger partial charge in [0.25, 0.3) is 0 Å². The van der Waals surface area contributed by atoms with Gasteiger partial charge in [-0.05, 0) is 51.2 Å². The van der Waals surface area contributed by atoms with Crippen LogP contribution in [0, 0.1) is 0 Å². The molecule has 4 heterocycles. The summed E-state index contributed by atoms with van der Waals surface area (Å²) >= 11 is 6.50. The van der Waals surface area contributed by atoms with E-state index in [9.17, 15) is 0 Å². The highest BCUT2D eigenvalue weighted by Gasteiger charge is 2.20. The topological polar surface area (TPSA) is 102 Å². The molecule has 1 unspecified atom stereocenters. The molecule has 3 N–H and O–H groups in total. The summed E-state index contributed by atoms with van der Waals surface area (Å²) in [5.41, 5.74) is 3.81. The van der Waals surface area contributed by atoms with Gasteiger partial charge in [0.2, 0.25) is 0 Å². The van der Waals surface area contributed by atoms with E-state index in [1.807, 2.05) is 56.7 Å². The Morgan fingerprint density at radius 1 is 1.23 bits per heavy atom. The fourth-order valence-electron chi connectivity index (χ4n) is 4.63. The summed E-state index contributed by atoms with van der Waals surface area (Å²) in [6.07, 6.45) is 8.85. The first-order valence-corrected chi connectivity index (χ1v) is 12.1. The van der Waals surface area contributed by atoms with E-state index in [-0.39, 0.29) is 12.1 Å². The van der Waals surface area contributed by atoms with Crippen molar-refractivity contribution in [3.05, 3.63) is 71.3 Å². The van der Waals surface area contributed by atoms with Crippen LogP contribution in [0.25, 0.3) is 16.3 Å². The molecule has 0 radical (unpaired) electrons. The third kappa shape index (κ3) is 4.72. The zero-order chi connectivity index (χ0) is 24.4. The number of hydrogen-bond acceptors (Lipinski definition) is 7. The molecular formula is C26H28ClN7O. The number of rotatable bonds is 6. The molecule has 0 amide bonds. The smallest absolute Gasteiger partial charge is 0.148 e. The van der Waals surface area contributed by atoms with E-state index in [4.69, 9.17) is 27.2 Å². The first kappa shape index (κ1) is 23.3. The third-order valence-electron chi connectivity index (χ3n) is 6.40. The van der Waals surface area contributed by atoms with Gasteiger partial charge in [-0.1, -0.05) is 35.9 Å². The normalized spacial score (nSPS) is 16.7. The number of aromatic nitrogens is 3. The molecule has 3 aromatic heterocycles. The van der Waals surface area contributed by atoms with Crippen molar-refractivity contribution in [2.75, 3.05) is 13.1 Å². The second-order valence-electron chi connectivity index (χ2n) is 8.76. The lowest BCUT2D eigenvalue weighted by Gasteiger charge is -2.20. The van der Waals surface area contributed by atoms with Crippen molar-refractivity contribution in [3.63, 3.8) is 0 Å². The Kier molecular flexibility index (Phi) is 6.66. The molecule has 9 heteroatoms. The van der Waals surface area contributed by atoms with Crippen LogP contribution in [0.5, 0.6) is 5.75 Å². The zero-order valence-electron chi connectivity index (χ0n) is 19.8. The van der Waals surface area contributed by atoms with Crippen LogP contribution in [0.1, 0.15) is 43.9 Å². The summed E-state index contributed by atoms with van der Waals surface area (Å²) in [5, 5.41) is 14.5. The first-order valence-electron chi connectivity index (χ1n) is 11.7. The fourth-order valence-corrected chi connectivity index (χ4v) is 4.86. The average molecular weight is 490 g/mol. The molecule has 1 atom stereocenters. The van der Waals surface area contributed by atoms with E-state index in [0.29, 0.717) is 22.0 Å². The lowest BCUT2D eigenvalue weighted by atomic mass is 10.0. The Morgan fingerprint density at radius 3 is 2.83 bits per heavy atom. The van der Waals surface area contributed by atoms with Gasteiger partial charge in [-0.15, -0.1) is 0 Å². The highest BCUT2D eigenvalue weighted by Crippen LogP contribution is 2.33. The molecule has 1 aliphatic heterocycles. The van der Waals surface area contributed by atoms with Gasteiger partial charge in [0.05, 0.1) is 23.0 Å². The highest BCUT2D eigenvalue weighted by atomic mass is 35.5. The van der Waals surface area contributed by atoms with Crippen LogP contribution in [0.2, 0.25) is 5.02 Å². The molecule has 0 saturated carbocycles. The van der Waals surface area contributed by atoms with Gasteiger partial charge in [0, 0.05) is 35.1 Å². The fraction of sp³-hybridized carbons (Fsp3) is 0.308. The Morgan fingerprint density at radius 2 is 2.03 bits per heavy atom. The molecule has 35 heavy (non-hydrogen) atoms. The largest absolute Gasteiger partial charge is 0.484 e. The van der Waals surface area contributed by atoms with E-state index < -0.39 is 0 Å². The number of nitrogens with one attached hydrogen (secondary N) is 1. The van der Waals surface area contributed by atoms with Crippen LogP contribution in [-0.2, 0) is 0 Å². The van der Waals surface area contributed by atoms with Gasteiger partial charge in [-0.3, -0.25) is 9.98 Å². The second-order valence-corrected chi connectivity index (χ2v) is 9.17. The number of hydrogen-bond donors (Lipinski definition) is 2. The number of halogens is 1. The predicted molar refractivity (Wildman–Crippen MR) is 141 cm³/mol. The number of ether oxygens (including phenoxy) is 1. The van der Waals surface area contributed by atoms with Crippen molar-refractivity contribution >= 4 is 39.3 Å². The van der Waals surface area contributed by atoms with Crippen LogP contribution in [0.4, 0.5) is 0 Å². The number of aliphatic imine (C=N–C) groups is 1.